The second-order valence-corrected chi connectivity index (χ2v) is 4.33. The molecule has 1 aromatic rings. The van der Waals surface area contributed by atoms with Gasteiger partial charge in [-0.25, -0.2) is 0 Å². The van der Waals surface area contributed by atoms with Gasteiger partial charge in [0.2, 0.25) is 0 Å². The van der Waals surface area contributed by atoms with Crippen molar-refractivity contribution in [1.29, 1.82) is 0 Å². The maximum atomic E-state index is 11.3. The third kappa shape index (κ3) is 4.64. The largest absolute Gasteiger partial charge is 0.490 e. The van der Waals surface area contributed by atoms with Gasteiger partial charge in [0, 0.05) is 18.3 Å². The van der Waals surface area contributed by atoms with Gasteiger partial charge in [0.25, 0.3) is 0 Å². The zero-order chi connectivity index (χ0) is 15.0. The van der Waals surface area contributed by atoms with Gasteiger partial charge in [-0.3, -0.25) is 4.79 Å². The molecule has 0 bridgehead atoms. The Morgan fingerprint density at radius 3 is 2.45 bits per heavy atom. The highest BCUT2D eigenvalue weighted by molar-refractivity contribution is 5.72. The number of carbonyl (C=O) groups is 1. The average molecular weight is 281 g/mol. The molecule has 0 aromatic heterocycles. The van der Waals surface area contributed by atoms with Gasteiger partial charge in [0.15, 0.2) is 11.5 Å². The number of hydrogen-bond donors (Lipinski definition) is 1. The molecule has 0 aliphatic rings. The molecule has 112 valence electrons. The van der Waals surface area contributed by atoms with Crippen LogP contribution in [-0.2, 0) is 9.53 Å². The van der Waals surface area contributed by atoms with E-state index in [9.17, 15) is 4.79 Å². The Labute approximate surface area is 120 Å². The number of esters is 1. The molecule has 20 heavy (non-hydrogen) atoms. The van der Waals surface area contributed by atoms with Crippen molar-refractivity contribution in [2.75, 3.05) is 32.2 Å². The van der Waals surface area contributed by atoms with Gasteiger partial charge >= 0.3 is 5.97 Å². The third-order valence-corrected chi connectivity index (χ3v) is 2.76. The Balaban J connectivity index is 2.71. The lowest BCUT2D eigenvalue weighted by molar-refractivity contribution is -0.144. The van der Waals surface area contributed by atoms with Crippen molar-refractivity contribution >= 4 is 11.7 Å². The summed E-state index contributed by atoms with van der Waals surface area (Å²) in [5.74, 6) is 0.988. The van der Waals surface area contributed by atoms with E-state index in [0.29, 0.717) is 25.5 Å². The molecule has 0 heterocycles. The van der Waals surface area contributed by atoms with E-state index in [2.05, 4.69) is 5.32 Å². The first-order chi connectivity index (χ1) is 9.62. The smallest absolute Gasteiger partial charge is 0.310 e. The van der Waals surface area contributed by atoms with Crippen LogP contribution in [0.25, 0.3) is 0 Å². The number of methoxy groups -OCH3 is 1. The average Bonchev–Trinajstić information content (AvgIpc) is 2.46. The lowest BCUT2D eigenvalue weighted by atomic mass is 10.2. The molecule has 0 amide bonds. The van der Waals surface area contributed by atoms with E-state index in [-0.39, 0.29) is 11.9 Å². The number of rotatable bonds is 8. The quantitative estimate of drug-likeness (QED) is 0.742. The highest BCUT2D eigenvalue weighted by Crippen LogP contribution is 2.30. The zero-order valence-corrected chi connectivity index (χ0v) is 12.6. The standard InChI is InChI=1S/C15H23NO4/c1-5-19-13-8-7-12(9-14(13)20-6-2)16-10-11(3)15(17)18-4/h7-9,11,16H,5-6,10H2,1-4H3. The van der Waals surface area contributed by atoms with Crippen molar-refractivity contribution in [2.24, 2.45) is 5.92 Å². The number of anilines is 1. The molecule has 0 aliphatic heterocycles. The first-order valence-corrected chi connectivity index (χ1v) is 6.83. The maximum Gasteiger partial charge on any atom is 0.310 e. The number of benzene rings is 1. The number of ether oxygens (including phenoxy) is 3. The fourth-order valence-corrected chi connectivity index (χ4v) is 1.72. The summed E-state index contributed by atoms with van der Waals surface area (Å²) in [7, 11) is 1.39. The second-order valence-electron chi connectivity index (χ2n) is 4.33. The van der Waals surface area contributed by atoms with E-state index in [1.807, 2.05) is 39.0 Å². The molecule has 0 spiro atoms. The van der Waals surface area contributed by atoms with E-state index < -0.39 is 0 Å². The van der Waals surface area contributed by atoms with Crippen LogP contribution in [0.5, 0.6) is 11.5 Å². The van der Waals surface area contributed by atoms with Crippen LogP contribution in [0.15, 0.2) is 18.2 Å². The number of hydrogen-bond acceptors (Lipinski definition) is 5. The van der Waals surface area contributed by atoms with E-state index in [1.165, 1.54) is 7.11 Å². The summed E-state index contributed by atoms with van der Waals surface area (Å²) in [6.45, 7) is 7.34. The van der Waals surface area contributed by atoms with E-state index in [4.69, 9.17) is 14.2 Å². The second kappa shape index (κ2) is 8.30. The van der Waals surface area contributed by atoms with E-state index >= 15 is 0 Å². The van der Waals surface area contributed by atoms with Crippen molar-refractivity contribution < 1.29 is 19.0 Å². The lowest BCUT2D eigenvalue weighted by Gasteiger charge is -2.15. The lowest BCUT2D eigenvalue weighted by Crippen LogP contribution is -2.21. The van der Waals surface area contributed by atoms with Crippen LogP contribution in [0, 0.1) is 5.92 Å². The molecule has 5 heteroatoms. The van der Waals surface area contributed by atoms with Crippen LogP contribution in [0.4, 0.5) is 5.69 Å². The van der Waals surface area contributed by atoms with E-state index in [1.54, 1.807) is 0 Å². The van der Waals surface area contributed by atoms with Crippen molar-refractivity contribution in [1.82, 2.24) is 0 Å². The van der Waals surface area contributed by atoms with Crippen LogP contribution >= 0.6 is 0 Å². The van der Waals surface area contributed by atoms with Gasteiger partial charge in [0.05, 0.1) is 26.2 Å². The zero-order valence-electron chi connectivity index (χ0n) is 12.6. The summed E-state index contributed by atoms with van der Waals surface area (Å²) < 4.78 is 15.7. The number of nitrogens with one attached hydrogen (secondary N) is 1. The van der Waals surface area contributed by atoms with Gasteiger partial charge in [-0.2, -0.15) is 0 Å². The molecule has 1 unspecified atom stereocenters. The molecule has 0 radical (unpaired) electrons. The van der Waals surface area contributed by atoms with Gasteiger partial charge in [-0.05, 0) is 26.0 Å². The van der Waals surface area contributed by atoms with Crippen molar-refractivity contribution in [3.63, 3.8) is 0 Å². The monoisotopic (exact) mass is 281 g/mol. The molecule has 1 aromatic carbocycles. The van der Waals surface area contributed by atoms with Crippen LogP contribution in [0.1, 0.15) is 20.8 Å². The van der Waals surface area contributed by atoms with Crippen LogP contribution in [0.2, 0.25) is 0 Å². The highest BCUT2D eigenvalue weighted by atomic mass is 16.5. The van der Waals surface area contributed by atoms with Crippen molar-refractivity contribution in [2.45, 2.75) is 20.8 Å². The Morgan fingerprint density at radius 1 is 1.20 bits per heavy atom. The Bertz CT molecular complexity index is 434. The van der Waals surface area contributed by atoms with Gasteiger partial charge < -0.3 is 19.5 Å². The summed E-state index contributed by atoms with van der Waals surface area (Å²) in [6.07, 6.45) is 0. The molecule has 0 saturated carbocycles. The van der Waals surface area contributed by atoms with Crippen LogP contribution in [-0.4, -0.2) is 32.8 Å². The normalized spacial score (nSPS) is 11.6. The topological polar surface area (TPSA) is 56.8 Å². The minimum absolute atomic E-state index is 0.206. The summed E-state index contributed by atoms with van der Waals surface area (Å²) in [6, 6.07) is 5.63. The van der Waals surface area contributed by atoms with Gasteiger partial charge in [0.1, 0.15) is 0 Å². The highest BCUT2D eigenvalue weighted by Gasteiger charge is 2.13. The SMILES string of the molecule is CCOc1ccc(NCC(C)C(=O)OC)cc1OCC. The van der Waals surface area contributed by atoms with Gasteiger partial charge in [-0.1, -0.05) is 6.92 Å². The summed E-state index contributed by atoms with van der Waals surface area (Å²) >= 11 is 0. The molecule has 1 rings (SSSR count). The predicted molar refractivity (Wildman–Crippen MR) is 78.4 cm³/mol. The third-order valence-electron chi connectivity index (χ3n) is 2.76. The van der Waals surface area contributed by atoms with Gasteiger partial charge in [-0.15, -0.1) is 0 Å². The minimum Gasteiger partial charge on any atom is -0.490 e. The molecule has 0 aliphatic carbocycles. The Kier molecular flexibility index (Phi) is 6.70. The molecule has 1 atom stereocenters. The number of carbonyl (C=O) groups excluding carboxylic acids is 1. The Morgan fingerprint density at radius 2 is 1.85 bits per heavy atom. The first kappa shape index (κ1) is 16.1. The fraction of sp³-hybridized carbons (Fsp3) is 0.533. The van der Waals surface area contributed by atoms with Crippen molar-refractivity contribution in [3.05, 3.63) is 18.2 Å². The summed E-state index contributed by atoms with van der Waals surface area (Å²) in [5.41, 5.74) is 0.882. The van der Waals surface area contributed by atoms with Crippen LogP contribution < -0.4 is 14.8 Å². The van der Waals surface area contributed by atoms with E-state index in [0.717, 1.165) is 11.4 Å². The first-order valence-electron chi connectivity index (χ1n) is 6.83. The predicted octanol–water partition coefficient (Wildman–Crippen LogP) is 2.71. The maximum absolute atomic E-state index is 11.3. The molecule has 5 nitrogen and oxygen atoms in total. The molecular formula is C15H23NO4. The molecule has 1 N–H and O–H groups in total. The summed E-state index contributed by atoms with van der Waals surface area (Å²) in [5, 5.41) is 3.19. The Hall–Kier alpha value is -1.91. The molecule has 0 saturated heterocycles. The van der Waals surface area contributed by atoms with Crippen molar-refractivity contribution in [3.8, 4) is 11.5 Å². The molecular weight excluding hydrogens is 258 g/mol. The summed E-state index contributed by atoms with van der Waals surface area (Å²) in [4.78, 5) is 11.3. The van der Waals surface area contributed by atoms with Crippen LogP contribution in [0.3, 0.4) is 0 Å². The fourth-order valence-electron chi connectivity index (χ4n) is 1.72. The minimum atomic E-state index is -0.228. The molecule has 0 fully saturated rings.